The van der Waals surface area contributed by atoms with Gasteiger partial charge in [0.1, 0.15) is 0 Å². The number of amides is 2. The molecule has 2 amide bonds. The molecule has 1 aliphatic rings. The van der Waals surface area contributed by atoms with Crippen molar-refractivity contribution >= 4 is 11.8 Å². The first kappa shape index (κ1) is 17.1. The van der Waals surface area contributed by atoms with Crippen molar-refractivity contribution in [1.29, 1.82) is 0 Å². The fraction of sp³-hybridized carbons (Fsp3) is 0.350. The van der Waals surface area contributed by atoms with Gasteiger partial charge in [0.25, 0.3) is 0 Å². The molecule has 0 spiro atoms. The van der Waals surface area contributed by atoms with Gasteiger partial charge in [-0.2, -0.15) is 0 Å². The van der Waals surface area contributed by atoms with Crippen LogP contribution in [-0.4, -0.2) is 23.3 Å². The molecule has 0 saturated carbocycles. The Morgan fingerprint density at radius 2 is 2.12 bits per heavy atom. The lowest BCUT2D eigenvalue weighted by molar-refractivity contribution is -0.134. The van der Waals surface area contributed by atoms with E-state index in [1.54, 1.807) is 6.20 Å². The summed E-state index contributed by atoms with van der Waals surface area (Å²) in [5.74, 6) is -0.0311. The van der Waals surface area contributed by atoms with Crippen LogP contribution in [0.5, 0.6) is 0 Å². The molecule has 1 aliphatic heterocycles. The predicted molar refractivity (Wildman–Crippen MR) is 96.4 cm³/mol. The molecule has 0 radical (unpaired) electrons. The smallest absolute Gasteiger partial charge is 0.229 e. The molecule has 3 rings (SSSR count). The minimum absolute atomic E-state index is 0.0546. The van der Waals surface area contributed by atoms with Gasteiger partial charge in [-0.25, -0.2) is 0 Å². The zero-order chi connectivity index (χ0) is 17.9. The van der Waals surface area contributed by atoms with Crippen molar-refractivity contribution in [3.63, 3.8) is 0 Å². The first-order valence-electron chi connectivity index (χ1n) is 8.56. The van der Waals surface area contributed by atoms with Gasteiger partial charge in [-0.05, 0) is 29.7 Å². The van der Waals surface area contributed by atoms with Crippen LogP contribution >= 0.6 is 0 Å². The summed E-state index contributed by atoms with van der Waals surface area (Å²) in [6, 6.07) is 13.8. The van der Waals surface area contributed by atoms with E-state index < -0.39 is 5.41 Å². The molecule has 1 aromatic carbocycles. The van der Waals surface area contributed by atoms with Crippen molar-refractivity contribution in [3.8, 4) is 11.3 Å². The molecule has 5 nitrogen and oxygen atoms in total. The van der Waals surface area contributed by atoms with Crippen molar-refractivity contribution in [2.45, 2.75) is 26.8 Å². The van der Waals surface area contributed by atoms with Crippen molar-refractivity contribution in [2.75, 3.05) is 6.54 Å². The van der Waals surface area contributed by atoms with Gasteiger partial charge >= 0.3 is 0 Å². The molecule has 2 aromatic rings. The van der Waals surface area contributed by atoms with Gasteiger partial charge in [-0.3, -0.25) is 14.6 Å². The first-order valence-corrected chi connectivity index (χ1v) is 8.56. The third-order valence-electron chi connectivity index (χ3n) is 4.98. The van der Waals surface area contributed by atoms with Gasteiger partial charge in [-0.1, -0.05) is 38.1 Å². The molecule has 1 fully saturated rings. The summed E-state index contributed by atoms with van der Waals surface area (Å²) in [5, 5.41) is 5.80. The lowest BCUT2D eigenvalue weighted by Gasteiger charge is -2.30. The van der Waals surface area contributed by atoms with E-state index in [0.717, 1.165) is 16.8 Å². The van der Waals surface area contributed by atoms with Crippen LogP contribution in [0.2, 0.25) is 0 Å². The lowest BCUT2D eigenvalue weighted by atomic mass is 9.75. The molecule has 2 heterocycles. The van der Waals surface area contributed by atoms with Crippen molar-refractivity contribution in [2.24, 2.45) is 11.3 Å². The minimum atomic E-state index is -0.657. The van der Waals surface area contributed by atoms with E-state index in [4.69, 9.17) is 0 Å². The van der Waals surface area contributed by atoms with E-state index in [1.807, 2.05) is 56.3 Å². The number of hydrogen-bond acceptors (Lipinski definition) is 3. The molecule has 130 valence electrons. The standard InChI is InChI=1S/C20H23N3O2/c1-14(2)20(11-18(24)23-13-20)19(25)22-12-15-6-5-7-16(10-15)17-8-3-4-9-21-17/h3-10,14H,11-13H2,1-2H3,(H,22,25)(H,23,24). The average Bonchev–Trinajstić information content (AvgIpc) is 3.04. The van der Waals surface area contributed by atoms with Crippen LogP contribution in [0.1, 0.15) is 25.8 Å². The number of nitrogens with one attached hydrogen (secondary N) is 2. The first-order chi connectivity index (χ1) is 12.0. The second kappa shape index (κ2) is 7.05. The number of hydrogen-bond donors (Lipinski definition) is 2. The number of rotatable bonds is 5. The maximum Gasteiger partial charge on any atom is 0.229 e. The Kier molecular flexibility index (Phi) is 4.83. The fourth-order valence-electron chi connectivity index (χ4n) is 3.23. The fourth-order valence-corrected chi connectivity index (χ4v) is 3.23. The number of nitrogens with zero attached hydrogens (tertiary/aromatic N) is 1. The number of benzene rings is 1. The van der Waals surface area contributed by atoms with E-state index in [9.17, 15) is 9.59 Å². The summed E-state index contributed by atoms with van der Waals surface area (Å²) in [6.45, 7) is 4.81. The molecule has 5 heteroatoms. The average molecular weight is 337 g/mol. The zero-order valence-electron chi connectivity index (χ0n) is 14.6. The van der Waals surface area contributed by atoms with Gasteiger partial charge in [0, 0.05) is 31.3 Å². The number of pyridine rings is 1. The van der Waals surface area contributed by atoms with E-state index in [0.29, 0.717) is 13.1 Å². The molecular formula is C20H23N3O2. The van der Waals surface area contributed by atoms with E-state index in [1.165, 1.54) is 0 Å². The highest BCUT2D eigenvalue weighted by molar-refractivity contribution is 5.92. The molecule has 1 saturated heterocycles. The second-order valence-electron chi connectivity index (χ2n) is 6.86. The monoisotopic (exact) mass is 337 g/mol. The van der Waals surface area contributed by atoms with Crippen LogP contribution in [0.15, 0.2) is 48.7 Å². The number of aromatic nitrogens is 1. The number of carbonyl (C=O) groups is 2. The Bertz CT molecular complexity index is 774. The summed E-state index contributed by atoms with van der Waals surface area (Å²) in [6.07, 6.45) is 2.02. The molecule has 0 bridgehead atoms. The van der Waals surface area contributed by atoms with Crippen LogP contribution in [0.25, 0.3) is 11.3 Å². The third kappa shape index (κ3) is 3.55. The highest BCUT2D eigenvalue weighted by atomic mass is 16.2. The normalized spacial score (nSPS) is 19.7. The Morgan fingerprint density at radius 3 is 2.76 bits per heavy atom. The minimum Gasteiger partial charge on any atom is -0.355 e. The number of carbonyl (C=O) groups excluding carboxylic acids is 2. The zero-order valence-corrected chi connectivity index (χ0v) is 14.6. The third-order valence-corrected chi connectivity index (χ3v) is 4.98. The summed E-state index contributed by atoms with van der Waals surface area (Å²) in [7, 11) is 0. The Labute approximate surface area is 147 Å². The molecule has 2 N–H and O–H groups in total. The van der Waals surface area contributed by atoms with Crippen molar-refractivity contribution < 1.29 is 9.59 Å². The summed E-state index contributed by atoms with van der Waals surface area (Å²) >= 11 is 0. The predicted octanol–water partition coefficient (Wildman–Crippen LogP) is 2.53. The summed E-state index contributed by atoms with van der Waals surface area (Å²) in [4.78, 5) is 28.8. The molecule has 1 unspecified atom stereocenters. The lowest BCUT2D eigenvalue weighted by Crippen LogP contribution is -2.45. The van der Waals surface area contributed by atoms with E-state index >= 15 is 0 Å². The van der Waals surface area contributed by atoms with Crippen LogP contribution in [0, 0.1) is 11.3 Å². The maximum atomic E-state index is 12.8. The Morgan fingerprint density at radius 1 is 1.28 bits per heavy atom. The summed E-state index contributed by atoms with van der Waals surface area (Å²) < 4.78 is 0. The Hall–Kier alpha value is -2.69. The maximum absolute atomic E-state index is 12.8. The molecule has 1 atom stereocenters. The van der Waals surface area contributed by atoms with E-state index in [2.05, 4.69) is 15.6 Å². The van der Waals surface area contributed by atoms with Gasteiger partial charge in [0.05, 0.1) is 11.1 Å². The van der Waals surface area contributed by atoms with Gasteiger partial charge < -0.3 is 10.6 Å². The highest BCUT2D eigenvalue weighted by Gasteiger charge is 2.47. The molecule has 1 aromatic heterocycles. The largest absolute Gasteiger partial charge is 0.355 e. The quantitative estimate of drug-likeness (QED) is 0.881. The van der Waals surface area contributed by atoms with Crippen LogP contribution in [0.3, 0.4) is 0 Å². The van der Waals surface area contributed by atoms with Gasteiger partial charge in [-0.15, -0.1) is 0 Å². The van der Waals surface area contributed by atoms with E-state index in [-0.39, 0.29) is 24.2 Å². The highest BCUT2D eigenvalue weighted by Crippen LogP contribution is 2.35. The molecular weight excluding hydrogens is 314 g/mol. The van der Waals surface area contributed by atoms with Gasteiger partial charge in [0.15, 0.2) is 0 Å². The van der Waals surface area contributed by atoms with Crippen molar-refractivity contribution in [3.05, 3.63) is 54.2 Å². The molecule has 25 heavy (non-hydrogen) atoms. The molecule has 0 aliphatic carbocycles. The van der Waals surface area contributed by atoms with Crippen LogP contribution in [-0.2, 0) is 16.1 Å². The van der Waals surface area contributed by atoms with Gasteiger partial charge in [0.2, 0.25) is 11.8 Å². The van der Waals surface area contributed by atoms with Crippen LogP contribution in [0.4, 0.5) is 0 Å². The topological polar surface area (TPSA) is 71.1 Å². The van der Waals surface area contributed by atoms with Crippen LogP contribution < -0.4 is 10.6 Å². The summed E-state index contributed by atoms with van der Waals surface area (Å²) in [5.41, 5.74) is 2.27. The Balaban J connectivity index is 1.71. The second-order valence-corrected chi connectivity index (χ2v) is 6.86. The SMILES string of the molecule is CC(C)C1(C(=O)NCc2cccc(-c3ccccn3)c2)CNC(=O)C1. The van der Waals surface area contributed by atoms with Crippen molar-refractivity contribution in [1.82, 2.24) is 15.6 Å².